The van der Waals surface area contributed by atoms with Crippen molar-refractivity contribution >= 4 is 10.8 Å². The molecule has 0 amide bonds. The maximum atomic E-state index is 14.6. The minimum Gasteiger partial charge on any atom is -0.426 e. The molecule has 0 saturated carbocycles. The Labute approximate surface area is 163 Å². The van der Waals surface area contributed by atoms with Crippen LogP contribution < -0.4 is 4.74 Å². The molecule has 0 aliphatic heterocycles. The summed E-state index contributed by atoms with van der Waals surface area (Å²) in [6, 6.07) is 14.1. The zero-order valence-electron chi connectivity index (χ0n) is 16.0. The highest BCUT2D eigenvalue weighted by Crippen LogP contribution is 2.35. The van der Waals surface area contributed by atoms with Crippen LogP contribution in [0.2, 0.25) is 0 Å². The summed E-state index contributed by atoms with van der Waals surface area (Å²) in [6.07, 6.45) is 2.80. The van der Waals surface area contributed by atoms with E-state index < -0.39 is 17.7 Å². The number of alkyl halides is 2. The Kier molecular flexibility index (Phi) is 6.08. The molecule has 3 rings (SSSR count). The van der Waals surface area contributed by atoms with Crippen LogP contribution in [0.25, 0.3) is 10.8 Å². The van der Waals surface area contributed by atoms with Crippen molar-refractivity contribution < 1.29 is 17.9 Å². The highest BCUT2D eigenvalue weighted by atomic mass is 19.3. The lowest BCUT2D eigenvalue weighted by atomic mass is 10.0. The first-order chi connectivity index (χ1) is 13.4. The molecule has 0 N–H and O–H groups in total. The van der Waals surface area contributed by atoms with Gasteiger partial charge >= 0.3 is 6.11 Å². The van der Waals surface area contributed by atoms with Crippen molar-refractivity contribution in [3.63, 3.8) is 0 Å². The molecule has 4 heteroatoms. The average Bonchev–Trinajstić information content (AvgIpc) is 2.68. The van der Waals surface area contributed by atoms with E-state index in [0.717, 1.165) is 30.4 Å². The number of halogens is 3. The maximum absolute atomic E-state index is 14.6. The van der Waals surface area contributed by atoms with Gasteiger partial charge in [-0.3, -0.25) is 0 Å². The summed E-state index contributed by atoms with van der Waals surface area (Å²) in [5.74, 6) is -1.26. The molecule has 0 heterocycles. The standard InChI is InChI=1S/C24H23F3O/c1-3-5-6-7-18-9-12-21(13-10-18)24(26,27)28-23-16-19-11-8-17(4-2)14-20(19)15-22(23)25/h3,5,8-16H,4,6-7H2,1-2H3/b5-3+. The number of hydrogen-bond donors (Lipinski definition) is 0. The predicted molar refractivity (Wildman–Crippen MR) is 107 cm³/mol. The topological polar surface area (TPSA) is 9.23 Å². The van der Waals surface area contributed by atoms with Crippen molar-refractivity contribution in [3.05, 3.63) is 89.3 Å². The van der Waals surface area contributed by atoms with Crippen LogP contribution in [0.15, 0.2) is 66.7 Å². The molecule has 0 aromatic heterocycles. The Bertz CT molecular complexity index is 975. The fraction of sp³-hybridized carbons (Fsp3) is 0.250. The molecule has 1 nitrogen and oxygen atoms in total. The minimum absolute atomic E-state index is 0.303. The Balaban J connectivity index is 1.82. The zero-order chi connectivity index (χ0) is 20.1. The van der Waals surface area contributed by atoms with Crippen molar-refractivity contribution in [2.45, 2.75) is 39.2 Å². The molecular formula is C24H23F3O. The number of ether oxygens (including phenoxy) is 1. The van der Waals surface area contributed by atoms with E-state index in [1.165, 1.54) is 24.3 Å². The Hall–Kier alpha value is -2.75. The summed E-state index contributed by atoms with van der Waals surface area (Å²) in [5.41, 5.74) is 1.71. The van der Waals surface area contributed by atoms with Crippen molar-refractivity contribution in [2.24, 2.45) is 0 Å². The van der Waals surface area contributed by atoms with E-state index >= 15 is 0 Å². The van der Waals surface area contributed by atoms with Gasteiger partial charge in [0.2, 0.25) is 0 Å². The van der Waals surface area contributed by atoms with Gasteiger partial charge in [-0.25, -0.2) is 4.39 Å². The van der Waals surface area contributed by atoms with Gasteiger partial charge < -0.3 is 4.74 Å². The van der Waals surface area contributed by atoms with Crippen molar-refractivity contribution in [3.8, 4) is 5.75 Å². The molecule has 0 aliphatic carbocycles. The van der Waals surface area contributed by atoms with Crippen LogP contribution in [-0.4, -0.2) is 0 Å². The predicted octanol–water partition coefficient (Wildman–Crippen LogP) is 7.18. The van der Waals surface area contributed by atoms with E-state index in [1.54, 1.807) is 18.2 Å². The van der Waals surface area contributed by atoms with Gasteiger partial charge in [-0.1, -0.05) is 49.4 Å². The molecule has 3 aromatic carbocycles. The lowest BCUT2D eigenvalue weighted by Crippen LogP contribution is -2.22. The van der Waals surface area contributed by atoms with Gasteiger partial charge in [0.1, 0.15) is 0 Å². The zero-order valence-corrected chi connectivity index (χ0v) is 16.0. The smallest absolute Gasteiger partial charge is 0.426 e. The number of rotatable bonds is 7. The van der Waals surface area contributed by atoms with Gasteiger partial charge in [-0.2, -0.15) is 8.78 Å². The van der Waals surface area contributed by atoms with E-state index in [-0.39, 0.29) is 5.56 Å². The van der Waals surface area contributed by atoms with Gasteiger partial charge in [0.25, 0.3) is 0 Å². The lowest BCUT2D eigenvalue weighted by Gasteiger charge is -2.19. The molecule has 0 spiro atoms. The van der Waals surface area contributed by atoms with Crippen LogP contribution in [0.3, 0.4) is 0 Å². The van der Waals surface area contributed by atoms with E-state index in [1.807, 2.05) is 38.1 Å². The van der Waals surface area contributed by atoms with Gasteiger partial charge in [0, 0.05) is 0 Å². The molecule has 0 atom stereocenters. The summed E-state index contributed by atoms with van der Waals surface area (Å²) in [7, 11) is 0. The molecule has 0 unspecified atom stereocenters. The van der Waals surface area contributed by atoms with Gasteiger partial charge in [0.15, 0.2) is 11.6 Å². The largest absolute Gasteiger partial charge is 0.426 e. The van der Waals surface area contributed by atoms with E-state index in [9.17, 15) is 13.2 Å². The fourth-order valence-corrected chi connectivity index (χ4v) is 3.08. The van der Waals surface area contributed by atoms with E-state index in [0.29, 0.717) is 10.8 Å². The quantitative estimate of drug-likeness (QED) is 0.392. The number of aryl methyl sites for hydroxylation is 2. The Morgan fingerprint density at radius 3 is 2.32 bits per heavy atom. The van der Waals surface area contributed by atoms with Crippen LogP contribution in [0.1, 0.15) is 37.0 Å². The first-order valence-corrected chi connectivity index (χ1v) is 9.42. The Morgan fingerprint density at radius 2 is 1.64 bits per heavy atom. The number of allylic oxidation sites excluding steroid dienone is 2. The third-order valence-electron chi connectivity index (χ3n) is 4.73. The lowest BCUT2D eigenvalue weighted by molar-refractivity contribution is -0.186. The highest BCUT2D eigenvalue weighted by Gasteiger charge is 2.35. The molecule has 0 radical (unpaired) electrons. The second-order valence-electron chi connectivity index (χ2n) is 6.74. The number of hydrogen-bond acceptors (Lipinski definition) is 1. The van der Waals surface area contributed by atoms with Gasteiger partial charge in [-0.05, 0) is 72.4 Å². The van der Waals surface area contributed by atoms with Crippen LogP contribution in [0.4, 0.5) is 13.2 Å². The summed E-state index contributed by atoms with van der Waals surface area (Å²) in [5, 5.41) is 1.32. The number of fused-ring (bicyclic) bond motifs is 1. The molecule has 0 bridgehead atoms. The summed E-state index contributed by atoms with van der Waals surface area (Å²) in [4.78, 5) is 0. The van der Waals surface area contributed by atoms with Crippen molar-refractivity contribution in [1.29, 1.82) is 0 Å². The molecule has 3 aromatic rings. The summed E-state index contributed by atoms with van der Waals surface area (Å²) in [6.45, 7) is 3.94. The SMILES string of the molecule is C/C=C/CCc1ccc(C(F)(F)Oc2cc3ccc(CC)cc3cc2F)cc1. The first kappa shape index (κ1) is 20.0. The van der Waals surface area contributed by atoms with Crippen LogP contribution in [0, 0.1) is 5.82 Å². The molecular weight excluding hydrogens is 361 g/mol. The van der Waals surface area contributed by atoms with Crippen LogP contribution >= 0.6 is 0 Å². The fourth-order valence-electron chi connectivity index (χ4n) is 3.08. The monoisotopic (exact) mass is 384 g/mol. The first-order valence-electron chi connectivity index (χ1n) is 9.42. The molecule has 146 valence electrons. The van der Waals surface area contributed by atoms with Crippen LogP contribution in [0.5, 0.6) is 5.75 Å². The summed E-state index contributed by atoms with van der Waals surface area (Å²) < 4.78 is 48.3. The average molecular weight is 384 g/mol. The van der Waals surface area contributed by atoms with E-state index in [2.05, 4.69) is 0 Å². The summed E-state index contributed by atoms with van der Waals surface area (Å²) >= 11 is 0. The van der Waals surface area contributed by atoms with Gasteiger partial charge in [0.05, 0.1) is 5.56 Å². The minimum atomic E-state index is -3.63. The van der Waals surface area contributed by atoms with Crippen LogP contribution in [-0.2, 0) is 19.0 Å². The third kappa shape index (κ3) is 4.56. The molecule has 28 heavy (non-hydrogen) atoms. The normalized spacial score (nSPS) is 12.0. The third-order valence-corrected chi connectivity index (χ3v) is 4.73. The van der Waals surface area contributed by atoms with Gasteiger partial charge in [-0.15, -0.1) is 0 Å². The van der Waals surface area contributed by atoms with Crippen molar-refractivity contribution in [2.75, 3.05) is 0 Å². The highest BCUT2D eigenvalue weighted by molar-refractivity contribution is 5.84. The number of benzene rings is 3. The maximum Gasteiger partial charge on any atom is 0.426 e. The van der Waals surface area contributed by atoms with Crippen molar-refractivity contribution in [1.82, 2.24) is 0 Å². The molecule has 0 fully saturated rings. The second kappa shape index (κ2) is 8.51. The Morgan fingerprint density at radius 1 is 0.929 bits per heavy atom. The second-order valence-corrected chi connectivity index (χ2v) is 6.74. The van der Waals surface area contributed by atoms with E-state index in [4.69, 9.17) is 4.74 Å². The molecule has 0 aliphatic rings. The molecule has 0 saturated heterocycles.